The molecule has 0 aromatic carbocycles. The van der Waals surface area contributed by atoms with Gasteiger partial charge in [0, 0.05) is 6.92 Å². The van der Waals surface area contributed by atoms with Crippen molar-refractivity contribution in [3.05, 3.63) is 23.8 Å². The molecule has 0 atom stereocenters. The fraction of sp³-hybridized carbons (Fsp3) is 0.545. The molecule has 0 radical (unpaired) electrons. The molecule has 0 amide bonds. The molecular formula is C11H16O2. The summed E-state index contributed by atoms with van der Waals surface area (Å²) in [6.45, 7) is 1.93. The lowest BCUT2D eigenvalue weighted by molar-refractivity contribution is -0.140. The Balaban J connectivity index is 2.07. The minimum absolute atomic E-state index is 0.200. The third kappa shape index (κ3) is 4.51. The number of allylic oxidation sites excluding steroid dienone is 3. The van der Waals surface area contributed by atoms with Crippen LogP contribution >= 0.6 is 0 Å². The van der Waals surface area contributed by atoms with Crippen molar-refractivity contribution in [1.82, 2.24) is 0 Å². The summed E-state index contributed by atoms with van der Waals surface area (Å²) in [4.78, 5) is 10.4. The van der Waals surface area contributed by atoms with Gasteiger partial charge in [-0.25, -0.2) is 0 Å². The van der Waals surface area contributed by atoms with Gasteiger partial charge in [-0.15, -0.1) is 0 Å². The van der Waals surface area contributed by atoms with Crippen molar-refractivity contribution in [2.75, 3.05) is 6.61 Å². The third-order valence-electron chi connectivity index (χ3n) is 2.00. The molecule has 0 aromatic heterocycles. The maximum Gasteiger partial charge on any atom is 0.302 e. The van der Waals surface area contributed by atoms with Crippen LogP contribution in [0.4, 0.5) is 0 Å². The molecule has 0 aliphatic heterocycles. The second kappa shape index (κ2) is 5.57. The number of carbonyl (C=O) groups excluding carboxylic acids is 1. The molecule has 0 unspecified atom stereocenters. The first kappa shape index (κ1) is 10.0. The van der Waals surface area contributed by atoms with Gasteiger partial charge >= 0.3 is 5.97 Å². The van der Waals surface area contributed by atoms with Crippen molar-refractivity contribution >= 4 is 5.97 Å². The number of carbonyl (C=O) groups is 1. The minimum atomic E-state index is -0.200. The Bertz CT molecular complexity index is 226. The van der Waals surface area contributed by atoms with Crippen molar-refractivity contribution in [3.8, 4) is 0 Å². The van der Waals surface area contributed by atoms with E-state index in [9.17, 15) is 4.79 Å². The summed E-state index contributed by atoms with van der Waals surface area (Å²) in [5.74, 6) is -0.200. The van der Waals surface area contributed by atoms with Gasteiger partial charge < -0.3 is 4.74 Å². The van der Waals surface area contributed by atoms with Crippen molar-refractivity contribution < 1.29 is 9.53 Å². The summed E-state index contributed by atoms with van der Waals surface area (Å²) < 4.78 is 4.80. The predicted molar refractivity (Wildman–Crippen MR) is 52.3 cm³/mol. The van der Waals surface area contributed by atoms with Gasteiger partial charge in [-0.05, 0) is 25.7 Å². The highest BCUT2D eigenvalue weighted by atomic mass is 16.5. The first-order valence-electron chi connectivity index (χ1n) is 4.78. The molecule has 1 aliphatic carbocycles. The Morgan fingerprint density at radius 1 is 1.69 bits per heavy atom. The maximum absolute atomic E-state index is 10.4. The molecule has 0 spiro atoms. The minimum Gasteiger partial charge on any atom is -0.466 e. The quantitative estimate of drug-likeness (QED) is 0.491. The third-order valence-corrected chi connectivity index (χ3v) is 2.00. The molecule has 1 rings (SSSR count). The van der Waals surface area contributed by atoms with Crippen LogP contribution in [-0.4, -0.2) is 12.6 Å². The number of rotatable bonds is 4. The molecule has 13 heavy (non-hydrogen) atoms. The van der Waals surface area contributed by atoms with Gasteiger partial charge in [0.2, 0.25) is 0 Å². The zero-order chi connectivity index (χ0) is 9.52. The summed E-state index contributed by atoms with van der Waals surface area (Å²) in [6, 6.07) is 0. The van der Waals surface area contributed by atoms with Crippen LogP contribution in [0.25, 0.3) is 0 Å². The number of ether oxygens (including phenoxy) is 1. The Kier molecular flexibility index (Phi) is 4.30. The van der Waals surface area contributed by atoms with Crippen LogP contribution in [0.2, 0.25) is 0 Å². The summed E-state index contributed by atoms with van der Waals surface area (Å²) in [5, 5.41) is 0. The second-order valence-electron chi connectivity index (χ2n) is 3.20. The highest BCUT2D eigenvalue weighted by Gasteiger charge is 1.99. The van der Waals surface area contributed by atoms with Crippen molar-refractivity contribution in [2.45, 2.75) is 32.6 Å². The van der Waals surface area contributed by atoms with Crippen LogP contribution in [0.15, 0.2) is 23.8 Å². The second-order valence-corrected chi connectivity index (χ2v) is 3.20. The van der Waals surface area contributed by atoms with E-state index in [0.29, 0.717) is 6.61 Å². The molecule has 0 bridgehead atoms. The average Bonchev–Trinajstić information content (AvgIpc) is 2.55. The highest BCUT2D eigenvalue weighted by molar-refractivity contribution is 5.65. The molecule has 72 valence electrons. The Morgan fingerprint density at radius 3 is 3.15 bits per heavy atom. The van der Waals surface area contributed by atoms with Gasteiger partial charge in [-0.2, -0.15) is 0 Å². The first-order valence-corrected chi connectivity index (χ1v) is 4.78. The van der Waals surface area contributed by atoms with Gasteiger partial charge in [0.25, 0.3) is 0 Å². The fourth-order valence-corrected chi connectivity index (χ4v) is 1.35. The Labute approximate surface area is 79.3 Å². The van der Waals surface area contributed by atoms with E-state index >= 15 is 0 Å². The molecule has 2 nitrogen and oxygen atoms in total. The Hall–Kier alpha value is -1.05. The van der Waals surface area contributed by atoms with Gasteiger partial charge in [0.1, 0.15) is 0 Å². The average molecular weight is 180 g/mol. The monoisotopic (exact) mass is 180 g/mol. The molecule has 0 heterocycles. The first-order chi connectivity index (χ1) is 6.29. The summed E-state index contributed by atoms with van der Waals surface area (Å²) >= 11 is 0. The number of hydrogen-bond donors (Lipinski definition) is 0. The predicted octanol–water partition coefficient (Wildman–Crippen LogP) is 2.61. The fourth-order valence-electron chi connectivity index (χ4n) is 1.35. The standard InChI is InChI=1S/C11H16O2/c1-10(12)13-9-5-4-8-11-6-2-3-7-11/h4,6,8H,2-3,5,7,9H2,1H3/b8-4-. The van der Waals surface area contributed by atoms with Crippen LogP contribution in [-0.2, 0) is 9.53 Å². The zero-order valence-electron chi connectivity index (χ0n) is 8.08. The van der Waals surface area contributed by atoms with E-state index < -0.39 is 0 Å². The summed E-state index contributed by atoms with van der Waals surface area (Å²) in [6.07, 6.45) is 11.0. The lowest BCUT2D eigenvalue weighted by Gasteiger charge is -1.96. The van der Waals surface area contributed by atoms with E-state index in [4.69, 9.17) is 4.74 Å². The van der Waals surface area contributed by atoms with E-state index in [0.717, 1.165) is 6.42 Å². The van der Waals surface area contributed by atoms with Gasteiger partial charge in [-0.1, -0.05) is 23.8 Å². The van der Waals surface area contributed by atoms with E-state index in [-0.39, 0.29) is 5.97 Å². The molecule has 1 aliphatic rings. The molecule has 0 fully saturated rings. The van der Waals surface area contributed by atoms with Crippen LogP contribution in [0.5, 0.6) is 0 Å². The van der Waals surface area contributed by atoms with Gasteiger partial charge in [0.15, 0.2) is 0 Å². The Morgan fingerprint density at radius 2 is 2.54 bits per heavy atom. The van der Waals surface area contributed by atoms with Crippen LogP contribution in [0.1, 0.15) is 32.6 Å². The SMILES string of the molecule is CC(=O)OCC/C=C\C1=CCCC1. The highest BCUT2D eigenvalue weighted by Crippen LogP contribution is 2.18. The van der Waals surface area contributed by atoms with Crippen molar-refractivity contribution in [2.24, 2.45) is 0 Å². The van der Waals surface area contributed by atoms with Gasteiger partial charge in [0.05, 0.1) is 6.61 Å². The van der Waals surface area contributed by atoms with Crippen LogP contribution < -0.4 is 0 Å². The maximum atomic E-state index is 10.4. The number of hydrogen-bond acceptors (Lipinski definition) is 2. The van der Waals surface area contributed by atoms with Crippen molar-refractivity contribution in [1.29, 1.82) is 0 Å². The largest absolute Gasteiger partial charge is 0.466 e. The molecule has 0 saturated heterocycles. The summed E-state index contributed by atoms with van der Waals surface area (Å²) in [5.41, 5.74) is 1.42. The van der Waals surface area contributed by atoms with E-state index in [2.05, 4.69) is 18.2 Å². The zero-order valence-corrected chi connectivity index (χ0v) is 8.08. The molecule has 0 aromatic rings. The summed E-state index contributed by atoms with van der Waals surface area (Å²) in [7, 11) is 0. The van der Waals surface area contributed by atoms with Crippen LogP contribution in [0, 0.1) is 0 Å². The van der Waals surface area contributed by atoms with Crippen LogP contribution in [0.3, 0.4) is 0 Å². The smallest absolute Gasteiger partial charge is 0.302 e. The van der Waals surface area contributed by atoms with E-state index in [1.165, 1.54) is 31.8 Å². The van der Waals surface area contributed by atoms with Gasteiger partial charge in [-0.3, -0.25) is 4.79 Å². The lowest BCUT2D eigenvalue weighted by atomic mass is 10.2. The molecular weight excluding hydrogens is 164 g/mol. The van der Waals surface area contributed by atoms with E-state index in [1.54, 1.807) is 0 Å². The molecule has 2 heteroatoms. The number of esters is 1. The lowest BCUT2D eigenvalue weighted by Crippen LogP contribution is -1.98. The van der Waals surface area contributed by atoms with E-state index in [1.807, 2.05) is 0 Å². The molecule has 0 saturated carbocycles. The normalized spacial score (nSPS) is 16.2. The topological polar surface area (TPSA) is 26.3 Å². The molecule has 0 N–H and O–H groups in total. The van der Waals surface area contributed by atoms with Crippen molar-refractivity contribution in [3.63, 3.8) is 0 Å².